The maximum atomic E-state index is 8.82. The molecular weight excluding hydrogens is 279 g/mol. The van der Waals surface area contributed by atoms with Crippen LogP contribution >= 0.6 is 0 Å². The van der Waals surface area contributed by atoms with Gasteiger partial charge in [0.15, 0.2) is 0 Å². The molecule has 0 aromatic carbocycles. The van der Waals surface area contributed by atoms with E-state index in [-0.39, 0.29) is 88.4 Å². The van der Waals surface area contributed by atoms with Gasteiger partial charge in [-0.15, -0.1) is 0 Å². The molecule has 0 aliphatic heterocycles. The molecule has 53 valence electrons. The second kappa shape index (κ2) is 13.1. The monoisotopic (exact) mass is 284 g/mol. The van der Waals surface area contributed by atoms with Gasteiger partial charge in [-0.2, -0.15) is 0 Å². The molecule has 0 amide bonds. The molecule has 6 N–H and O–H groups in total. The molecule has 0 rings (SSSR count). The fourth-order valence-electron chi connectivity index (χ4n) is 0. The van der Waals surface area contributed by atoms with Gasteiger partial charge in [-0.1, -0.05) is 0 Å². The fourth-order valence-corrected chi connectivity index (χ4v) is 0. The van der Waals surface area contributed by atoms with Crippen LogP contribution < -0.4 is 10.9 Å². The van der Waals surface area contributed by atoms with Crippen molar-refractivity contribution in [2.24, 2.45) is 0 Å². The Balaban J connectivity index is -0.0000000133. The molecule has 0 fully saturated rings. The van der Waals surface area contributed by atoms with Gasteiger partial charge < -0.3 is 10.9 Å². The molecule has 0 unspecified atom stereocenters. The van der Waals surface area contributed by atoms with Gasteiger partial charge >= 0.3 is 29.5 Å². The van der Waals surface area contributed by atoms with Crippen molar-refractivity contribution in [1.29, 1.82) is 0 Å². The van der Waals surface area contributed by atoms with Crippen LogP contribution in [0.25, 0.3) is 0 Å². The first kappa shape index (κ1) is 30.0. The molecule has 0 saturated carbocycles. The van der Waals surface area contributed by atoms with Crippen LogP contribution in [-0.4, -0.2) is 59.7 Å². The summed E-state index contributed by atoms with van der Waals surface area (Å²) in [5.41, 5.74) is 0. The van der Waals surface area contributed by atoms with E-state index in [4.69, 9.17) is 15.9 Å². The van der Waals surface area contributed by atoms with Gasteiger partial charge in [-0.3, -0.25) is 0 Å². The van der Waals surface area contributed by atoms with Gasteiger partial charge in [-0.05, 0) is 0 Å². The quantitative estimate of drug-likeness (QED) is 0.391. The van der Waals surface area contributed by atoms with Crippen molar-refractivity contribution in [2.45, 2.75) is 0 Å². The fraction of sp³-hybridized carbons (Fsp3) is 0. The molecule has 9 heavy (non-hydrogen) atoms. The van der Waals surface area contributed by atoms with Crippen LogP contribution in [0.5, 0.6) is 0 Å². The summed E-state index contributed by atoms with van der Waals surface area (Å²) >= 11 is -5.25. The summed E-state index contributed by atoms with van der Waals surface area (Å²) in [5.74, 6) is 0. The first-order chi connectivity index (χ1) is 2.00. The Labute approximate surface area is 115 Å². The third-order valence-corrected chi connectivity index (χ3v) is 0. The molecule has 0 bridgehead atoms. The Morgan fingerprint density at radius 2 is 1.11 bits per heavy atom. The minimum Gasteiger partial charge on any atom is 0 e. The van der Waals surface area contributed by atoms with Gasteiger partial charge in [0.05, 0.1) is 0 Å². The van der Waals surface area contributed by atoms with E-state index in [0.29, 0.717) is 0 Å². The molecule has 0 saturated heterocycles. The molecule has 5 nitrogen and oxygen atoms in total. The van der Waals surface area contributed by atoms with Crippen LogP contribution in [0.2, 0.25) is 0 Å². The average Bonchev–Trinajstić information content (AvgIpc) is 0.722. The SMILES string of the molecule is [F-].[K].[NH4+].[O]=[Cr](=[O])([OH])[OH].[Zr]. The van der Waals surface area contributed by atoms with Crippen molar-refractivity contribution in [2.75, 3.05) is 0 Å². The zero-order chi connectivity index (χ0) is 4.50. The Morgan fingerprint density at radius 1 is 1.11 bits per heavy atom. The standard InChI is InChI=1S/Cr.FH.K.H3N.2H2O.2O.Zr/h;1H;;1H3;2*1H2;;;/q+2;;;;;;;;/p-2. The average molecular weight is 285 g/mol. The molecule has 1 radical (unpaired) electrons. The first-order valence-corrected chi connectivity index (χ1v) is 2.88. The van der Waals surface area contributed by atoms with Crippen molar-refractivity contribution in [3.8, 4) is 0 Å². The van der Waals surface area contributed by atoms with Crippen molar-refractivity contribution in [3.63, 3.8) is 0 Å². The number of quaternary nitrogens is 1. The Bertz CT molecular complexity index is 104. The van der Waals surface area contributed by atoms with Crippen molar-refractivity contribution in [3.05, 3.63) is 0 Å². The van der Waals surface area contributed by atoms with E-state index in [1.165, 1.54) is 0 Å². The molecule has 0 heterocycles. The van der Waals surface area contributed by atoms with E-state index in [1.54, 1.807) is 0 Å². The van der Waals surface area contributed by atoms with Gasteiger partial charge in [0.1, 0.15) is 0 Å². The van der Waals surface area contributed by atoms with E-state index in [0.717, 1.165) is 0 Å². The summed E-state index contributed by atoms with van der Waals surface area (Å²) in [6.45, 7) is 0. The van der Waals surface area contributed by atoms with Crippen LogP contribution in [0.1, 0.15) is 0 Å². The Hall–Kier alpha value is 2.46. The van der Waals surface area contributed by atoms with Crippen LogP contribution in [0, 0.1) is 0 Å². The van der Waals surface area contributed by atoms with E-state index in [1.807, 2.05) is 0 Å². The maximum Gasteiger partial charge on any atom is 0 e. The summed E-state index contributed by atoms with van der Waals surface area (Å²) < 4.78 is 31.9. The summed E-state index contributed by atoms with van der Waals surface area (Å²) in [7, 11) is 0. The van der Waals surface area contributed by atoms with E-state index >= 15 is 0 Å². The third-order valence-electron chi connectivity index (χ3n) is 0. The van der Waals surface area contributed by atoms with E-state index in [9.17, 15) is 0 Å². The minimum atomic E-state index is -5.25. The smallest absolute Gasteiger partial charge is 0 e. The molecule has 0 aliphatic carbocycles. The van der Waals surface area contributed by atoms with Crippen LogP contribution in [0.3, 0.4) is 0 Å². The normalized spacial score (nSPS) is 6.44. The molecule has 0 atom stereocenters. The van der Waals surface area contributed by atoms with Gasteiger partial charge in [-0.25, -0.2) is 0 Å². The number of hydrogen-bond donors (Lipinski definition) is 3. The second-order valence-corrected chi connectivity index (χ2v) is 1.85. The summed E-state index contributed by atoms with van der Waals surface area (Å²) in [6, 6.07) is 0. The van der Waals surface area contributed by atoms with Crippen molar-refractivity contribution < 1.29 is 60.4 Å². The molecule has 0 aromatic heterocycles. The predicted molar refractivity (Wildman–Crippen MR) is 17.5 cm³/mol. The van der Waals surface area contributed by atoms with Crippen molar-refractivity contribution in [1.82, 2.24) is 6.15 Å². The second-order valence-electron chi connectivity index (χ2n) is 0.448. The molecule has 9 heteroatoms. The van der Waals surface area contributed by atoms with Crippen LogP contribution in [-0.2, 0) is 47.4 Å². The number of hydrogen-bond acceptors (Lipinski definition) is 2. The number of halogens is 1. The van der Waals surface area contributed by atoms with Crippen molar-refractivity contribution >= 4 is 51.4 Å². The van der Waals surface area contributed by atoms with Crippen LogP contribution in [0.4, 0.5) is 0 Å². The number of rotatable bonds is 0. The third kappa shape index (κ3) is 124. The molecule has 0 aromatic rings. The van der Waals surface area contributed by atoms with Crippen LogP contribution in [0.15, 0.2) is 0 Å². The minimum absolute atomic E-state index is 0. The van der Waals surface area contributed by atoms with Gasteiger partial charge in [0, 0.05) is 77.6 Å². The first-order valence-electron chi connectivity index (χ1n) is 0.698. The van der Waals surface area contributed by atoms with Gasteiger partial charge in [0.2, 0.25) is 0 Å². The maximum absolute atomic E-state index is 8.82. The molecule has 0 aliphatic rings. The van der Waals surface area contributed by atoms with E-state index < -0.39 is 13.6 Å². The molecular formula is H6CrFKNO4Zr. The topological polar surface area (TPSA) is 111 Å². The zero-order valence-corrected chi connectivity index (χ0v) is 11.9. The zero-order valence-electron chi connectivity index (χ0n) is 5.00. The summed E-state index contributed by atoms with van der Waals surface area (Å²) in [6.07, 6.45) is 0. The Kier molecular flexibility index (Phi) is 43.7. The predicted octanol–water partition coefficient (Wildman–Crippen LogP) is -4.36. The summed E-state index contributed by atoms with van der Waals surface area (Å²) in [4.78, 5) is 0. The van der Waals surface area contributed by atoms with E-state index in [2.05, 4.69) is 0 Å². The largest absolute Gasteiger partial charge is 0 e. The Morgan fingerprint density at radius 3 is 1.11 bits per heavy atom. The molecule has 0 spiro atoms. The summed E-state index contributed by atoms with van der Waals surface area (Å²) in [5, 5.41) is 0. The van der Waals surface area contributed by atoms with Gasteiger partial charge in [0.25, 0.3) is 0 Å².